The molecule has 0 aromatic heterocycles. The van der Waals surface area contributed by atoms with Crippen LogP contribution in [0.3, 0.4) is 0 Å². The van der Waals surface area contributed by atoms with Gasteiger partial charge >= 0.3 is 5.97 Å². The first-order chi connectivity index (χ1) is 9.20. The molecule has 19 heavy (non-hydrogen) atoms. The maximum absolute atomic E-state index is 10.8. The number of hydrogen-bond donors (Lipinski definition) is 3. The van der Waals surface area contributed by atoms with E-state index in [1.54, 1.807) is 12.1 Å². The highest BCUT2D eigenvalue weighted by Gasteiger charge is 2.23. The van der Waals surface area contributed by atoms with Crippen molar-refractivity contribution < 1.29 is 15.0 Å². The molecule has 1 saturated carbocycles. The summed E-state index contributed by atoms with van der Waals surface area (Å²) >= 11 is 0. The third-order valence-corrected chi connectivity index (χ3v) is 3.91. The van der Waals surface area contributed by atoms with Crippen molar-refractivity contribution in [2.75, 3.05) is 6.61 Å². The molecule has 104 valence electrons. The summed E-state index contributed by atoms with van der Waals surface area (Å²) < 4.78 is 0. The van der Waals surface area contributed by atoms with Crippen LogP contribution in [0.1, 0.15) is 41.6 Å². The molecule has 1 aromatic rings. The molecule has 0 spiro atoms. The Hall–Kier alpha value is -1.39. The molecule has 1 aliphatic rings. The maximum Gasteiger partial charge on any atom is 0.335 e. The zero-order valence-corrected chi connectivity index (χ0v) is 11.0. The third kappa shape index (κ3) is 3.78. The van der Waals surface area contributed by atoms with E-state index in [9.17, 15) is 9.90 Å². The molecular formula is C15H21NO3. The second-order valence-electron chi connectivity index (χ2n) is 5.22. The van der Waals surface area contributed by atoms with Gasteiger partial charge in [-0.25, -0.2) is 4.79 Å². The lowest BCUT2D eigenvalue weighted by molar-refractivity contribution is 0.0697. The highest BCUT2D eigenvalue weighted by Crippen LogP contribution is 2.24. The average molecular weight is 263 g/mol. The van der Waals surface area contributed by atoms with Gasteiger partial charge in [0.2, 0.25) is 0 Å². The van der Waals surface area contributed by atoms with Gasteiger partial charge in [0, 0.05) is 19.2 Å². The number of carbonyl (C=O) groups is 1. The van der Waals surface area contributed by atoms with Crippen molar-refractivity contribution in [3.8, 4) is 0 Å². The Labute approximate surface area is 113 Å². The molecule has 1 aromatic carbocycles. The quantitative estimate of drug-likeness (QED) is 0.760. The molecular weight excluding hydrogens is 242 g/mol. The van der Waals surface area contributed by atoms with E-state index < -0.39 is 5.97 Å². The topological polar surface area (TPSA) is 69.6 Å². The van der Waals surface area contributed by atoms with Crippen LogP contribution in [0.15, 0.2) is 24.3 Å². The molecule has 0 heterocycles. The number of nitrogens with one attached hydrogen (secondary N) is 1. The van der Waals surface area contributed by atoms with E-state index in [0.29, 0.717) is 17.5 Å². The first-order valence-corrected chi connectivity index (χ1v) is 6.87. The predicted octanol–water partition coefficient (Wildman–Crippen LogP) is 2.03. The predicted molar refractivity (Wildman–Crippen MR) is 73.1 cm³/mol. The van der Waals surface area contributed by atoms with E-state index in [2.05, 4.69) is 5.32 Å². The Balaban J connectivity index is 1.88. The molecule has 4 heteroatoms. The van der Waals surface area contributed by atoms with Gasteiger partial charge in [0.1, 0.15) is 0 Å². The highest BCUT2D eigenvalue weighted by molar-refractivity contribution is 5.87. The fraction of sp³-hybridized carbons (Fsp3) is 0.533. The van der Waals surface area contributed by atoms with E-state index in [4.69, 9.17) is 5.11 Å². The van der Waals surface area contributed by atoms with E-state index in [-0.39, 0.29) is 6.61 Å². The van der Waals surface area contributed by atoms with Gasteiger partial charge in [-0.05, 0) is 36.5 Å². The van der Waals surface area contributed by atoms with Crippen LogP contribution >= 0.6 is 0 Å². The summed E-state index contributed by atoms with van der Waals surface area (Å²) in [5.74, 6) is -0.542. The summed E-state index contributed by atoms with van der Waals surface area (Å²) in [5.41, 5.74) is 1.39. The van der Waals surface area contributed by atoms with E-state index in [1.807, 2.05) is 12.1 Å². The van der Waals surface area contributed by atoms with Crippen LogP contribution in [0.2, 0.25) is 0 Å². The summed E-state index contributed by atoms with van der Waals surface area (Å²) in [6.07, 6.45) is 4.62. The molecule has 2 unspecified atom stereocenters. The minimum atomic E-state index is -0.896. The van der Waals surface area contributed by atoms with Gasteiger partial charge in [-0.2, -0.15) is 0 Å². The second kappa shape index (κ2) is 6.68. The standard InChI is InChI=1S/C15H21NO3/c17-10-13-3-1-2-4-14(13)16-9-11-5-7-12(8-6-11)15(18)19/h5-8,13-14,16-17H,1-4,9-10H2,(H,18,19). The number of rotatable bonds is 5. The number of carboxylic acid groups (broad SMARTS) is 1. The minimum absolute atomic E-state index is 0.246. The van der Waals surface area contributed by atoms with Crippen LogP contribution in [0.5, 0.6) is 0 Å². The lowest BCUT2D eigenvalue weighted by Crippen LogP contribution is -2.39. The molecule has 1 aliphatic carbocycles. The van der Waals surface area contributed by atoms with E-state index >= 15 is 0 Å². The van der Waals surface area contributed by atoms with Gasteiger partial charge in [-0.15, -0.1) is 0 Å². The zero-order chi connectivity index (χ0) is 13.7. The molecule has 2 rings (SSSR count). The molecule has 4 nitrogen and oxygen atoms in total. The molecule has 0 radical (unpaired) electrons. The normalized spacial score (nSPS) is 23.2. The Morgan fingerprint density at radius 1 is 1.21 bits per heavy atom. The van der Waals surface area contributed by atoms with Crippen LogP contribution in [0.4, 0.5) is 0 Å². The van der Waals surface area contributed by atoms with Crippen LogP contribution in [0, 0.1) is 5.92 Å². The first kappa shape index (κ1) is 14.0. The van der Waals surface area contributed by atoms with Crippen molar-refractivity contribution in [1.82, 2.24) is 5.32 Å². The third-order valence-electron chi connectivity index (χ3n) is 3.91. The van der Waals surface area contributed by atoms with Gasteiger partial charge in [-0.1, -0.05) is 25.0 Å². The smallest absolute Gasteiger partial charge is 0.335 e. The van der Waals surface area contributed by atoms with Gasteiger partial charge in [0.05, 0.1) is 5.56 Å². The summed E-state index contributed by atoms with van der Waals surface area (Å²) in [5, 5.41) is 21.7. The van der Waals surface area contributed by atoms with Gasteiger partial charge in [-0.3, -0.25) is 0 Å². The van der Waals surface area contributed by atoms with Gasteiger partial charge in [0.15, 0.2) is 0 Å². The van der Waals surface area contributed by atoms with Crippen molar-refractivity contribution in [2.24, 2.45) is 5.92 Å². The molecule has 2 atom stereocenters. The van der Waals surface area contributed by atoms with Crippen molar-refractivity contribution in [3.63, 3.8) is 0 Å². The fourth-order valence-electron chi connectivity index (χ4n) is 2.71. The van der Waals surface area contributed by atoms with Crippen LogP contribution in [-0.2, 0) is 6.54 Å². The largest absolute Gasteiger partial charge is 0.478 e. The monoisotopic (exact) mass is 263 g/mol. The van der Waals surface area contributed by atoms with Crippen molar-refractivity contribution in [2.45, 2.75) is 38.3 Å². The first-order valence-electron chi connectivity index (χ1n) is 6.87. The number of aromatic carboxylic acids is 1. The summed E-state index contributed by atoms with van der Waals surface area (Å²) in [6, 6.07) is 7.31. The summed E-state index contributed by atoms with van der Waals surface area (Å²) in [7, 11) is 0. The molecule has 0 amide bonds. The SMILES string of the molecule is O=C(O)c1ccc(CNC2CCCCC2CO)cc1. The lowest BCUT2D eigenvalue weighted by Gasteiger charge is -2.31. The van der Waals surface area contributed by atoms with Crippen LogP contribution in [0.25, 0.3) is 0 Å². The van der Waals surface area contributed by atoms with E-state index in [0.717, 1.165) is 24.9 Å². The molecule has 0 bridgehead atoms. The Morgan fingerprint density at radius 3 is 2.53 bits per heavy atom. The van der Waals surface area contributed by atoms with E-state index in [1.165, 1.54) is 12.8 Å². The fourth-order valence-corrected chi connectivity index (χ4v) is 2.71. The Morgan fingerprint density at radius 2 is 1.89 bits per heavy atom. The molecule has 1 fully saturated rings. The highest BCUT2D eigenvalue weighted by atomic mass is 16.4. The zero-order valence-electron chi connectivity index (χ0n) is 11.0. The number of benzene rings is 1. The van der Waals surface area contributed by atoms with Crippen LogP contribution < -0.4 is 5.32 Å². The van der Waals surface area contributed by atoms with Crippen molar-refractivity contribution >= 4 is 5.97 Å². The second-order valence-corrected chi connectivity index (χ2v) is 5.22. The van der Waals surface area contributed by atoms with Gasteiger partial charge in [0.25, 0.3) is 0 Å². The number of aliphatic hydroxyl groups is 1. The average Bonchev–Trinajstić information content (AvgIpc) is 2.45. The van der Waals surface area contributed by atoms with Gasteiger partial charge < -0.3 is 15.5 Å². The summed E-state index contributed by atoms with van der Waals surface area (Å²) in [4.78, 5) is 10.8. The Kier molecular flexibility index (Phi) is 4.93. The number of aliphatic hydroxyl groups excluding tert-OH is 1. The maximum atomic E-state index is 10.8. The minimum Gasteiger partial charge on any atom is -0.478 e. The lowest BCUT2D eigenvalue weighted by atomic mass is 9.85. The molecule has 0 aliphatic heterocycles. The van der Waals surface area contributed by atoms with Crippen molar-refractivity contribution in [3.05, 3.63) is 35.4 Å². The van der Waals surface area contributed by atoms with Crippen molar-refractivity contribution in [1.29, 1.82) is 0 Å². The molecule has 0 saturated heterocycles. The Bertz CT molecular complexity index is 416. The molecule has 3 N–H and O–H groups in total. The number of hydrogen-bond acceptors (Lipinski definition) is 3. The number of carboxylic acids is 1. The van der Waals surface area contributed by atoms with Crippen LogP contribution in [-0.4, -0.2) is 28.8 Å². The summed E-state index contributed by atoms with van der Waals surface area (Å²) in [6.45, 7) is 0.969.